The van der Waals surface area contributed by atoms with E-state index in [1.54, 1.807) is 24.1 Å². The van der Waals surface area contributed by atoms with Crippen LogP contribution in [-0.2, 0) is 14.4 Å². The third-order valence-corrected chi connectivity index (χ3v) is 3.57. The van der Waals surface area contributed by atoms with Gasteiger partial charge in [-0.3, -0.25) is 14.4 Å². The van der Waals surface area contributed by atoms with Crippen LogP contribution in [-0.4, -0.2) is 54.1 Å². The van der Waals surface area contributed by atoms with Gasteiger partial charge in [0.1, 0.15) is 11.4 Å². The maximum absolute atomic E-state index is 11.9. The molecule has 0 saturated carbocycles. The minimum Gasteiger partial charge on any atom is -0.484 e. The second kappa shape index (κ2) is 4.79. The summed E-state index contributed by atoms with van der Waals surface area (Å²) in [4.78, 5) is 30.5. The van der Waals surface area contributed by atoms with Gasteiger partial charge in [0, 0.05) is 7.05 Å². The van der Waals surface area contributed by atoms with E-state index < -0.39 is 5.60 Å². The van der Waals surface area contributed by atoms with Gasteiger partial charge in [0.05, 0.1) is 19.5 Å². The number of carbonyl (C=O) groups is 2. The van der Waals surface area contributed by atoms with Crippen molar-refractivity contribution in [1.29, 1.82) is 0 Å². The molecule has 6 nitrogen and oxygen atoms in total. The van der Waals surface area contributed by atoms with Crippen LogP contribution in [0, 0.1) is 0 Å². The standard InChI is InChI=1S/C14H16N2O4/c1-15-12(17)7-14(20-15)9-16(10-14)13(18)8-19-11-5-3-2-4-6-11/h2-6H,7-10H2,1H3. The summed E-state index contributed by atoms with van der Waals surface area (Å²) in [5, 5.41) is 1.25. The highest BCUT2D eigenvalue weighted by atomic mass is 16.7. The third kappa shape index (κ3) is 2.34. The number of hydrogen-bond donors (Lipinski definition) is 0. The Morgan fingerprint density at radius 1 is 1.35 bits per heavy atom. The molecular weight excluding hydrogens is 260 g/mol. The molecule has 0 N–H and O–H groups in total. The number of nitrogens with zero attached hydrogens (tertiary/aromatic N) is 2. The number of amides is 2. The van der Waals surface area contributed by atoms with E-state index in [2.05, 4.69) is 0 Å². The Balaban J connectivity index is 1.48. The summed E-state index contributed by atoms with van der Waals surface area (Å²) in [7, 11) is 1.60. The Bertz CT molecular complexity index is 525. The number of rotatable bonds is 3. The predicted molar refractivity (Wildman–Crippen MR) is 69.7 cm³/mol. The summed E-state index contributed by atoms with van der Waals surface area (Å²) in [6.45, 7) is 0.893. The van der Waals surface area contributed by atoms with Crippen LogP contribution < -0.4 is 4.74 Å². The minimum absolute atomic E-state index is 0.00385. The molecule has 2 saturated heterocycles. The zero-order chi connectivity index (χ0) is 14.2. The first kappa shape index (κ1) is 12.9. The van der Waals surface area contributed by atoms with Gasteiger partial charge in [0.2, 0.25) is 5.91 Å². The molecule has 3 rings (SSSR count). The monoisotopic (exact) mass is 276 g/mol. The third-order valence-electron chi connectivity index (χ3n) is 3.57. The summed E-state index contributed by atoms with van der Waals surface area (Å²) >= 11 is 0. The molecular formula is C14H16N2O4. The molecule has 6 heteroatoms. The zero-order valence-corrected chi connectivity index (χ0v) is 11.2. The molecule has 2 aliphatic rings. The number of benzene rings is 1. The van der Waals surface area contributed by atoms with Gasteiger partial charge >= 0.3 is 0 Å². The van der Waals surface area contributed by atoms with Crippen molar-refractivity contribution in [2.45, 2.75) is 12.0 Å². The molecule has 2 fully saturated rings. The molecule has 1 aromatic carbocycles. The van der Waals surface area contributed by atoms with E-state index >= 15 is 0 Å². The number of hydrogen-bond acceptors (Lipinski definition) is 4. The van der Waals surface area contributed by atoms with Crippen molar-refractivity contribution in [2.24, 2.45) is 0 Å². The average Bonchev–Trinajstić information content (AvgIpc) is 2.72. The van der Waals surface area contributed by atoms with Crippen LogP contribution in [0.2, 0.25) is 0 Å². The maximum Gasteiger partial charge on any atom is 0.260 e. The first-order valence-corrected chi connectivity index (χ1v) is 6.49. The summed E-state index contributed by atoms with van der Waals surface area (Å²) in [5.74, 6) is 0.533. The first-order valence-electron chi connectivity index (χ1n) is 6.49. The lowest BCUT2D eigenvalue weighted by Crippen LogP contribution is -2.64. The van der Waals surface area contributed by atoms with Gasteiger partial charge in [-0.05, 0) is 12.1 Å². The second-order valence-electron chi connectivity index (χ2n) is 5.19. The molecule has 0 aliphatic carbocycles. The Morgan fingerprint density at radius 3 is 2.65 bits per heavy atom. The van der Waals surface area contributed by atoms with E-state index in [1.165, 1.54) is 5.06 Å². The molecule has 1 aromatic rings. The molecule has 2 heterocycles. The number of likely N-dealkylation sites (tertiary alicyclic amines) is 1. The van der Waals surface area contributed by atoms with E-state index in [0.717, 1.165) is 0 Å². The highest BCUT2D eigenvalue weighted by molar-refractivity contribution is 5.82. The van der Waals surface area contributed by atoms with Gasteiger partial charge in [-0.2, -0.15) is 0 Å². The van der Waals surface area contributed by atoms with Gasteiger partial charge in [-0.25, -0.2) is 5.06 Å². The average molecular weight is 276 g/mol. The lowest BCUT2D eigenvalue weighted by Gasteiger charge is -2.45. The first-order chi connectivity index (χ1) is 9.58. The molecule has 0 radical (unpaired) electrons. The number of hydroxylamine groups is 2. The Kier molecular flexibility index (Phi) is 3.10. The van der Waals surface area contributed by atoms with E-state index in [4.69, 9.17) is 9.57 Å². The van der Waals surface area contributed by atoms with E-state index in [9.17, 15) is 9.59 Å². The van der Waals surface area contributed by atoms with Crippen molar-refractivity contribution in [2.75, 3.05) is 26.7 Å². The Hall–Kier alpha value is -2.08. The second-order valence-corrected chi connectivity index (χ2v) is 5.19. The van der Waals surface area contributed by atoms with Gasteiger partial charge in [0.25, 0.3) is 5.91 Å². The molecule has 2 aliphatic heterocycles. The van der Waals surface area contributed by atoms with Crippen LogP contribution in [0.15, 0.2) is 30.3 Å². The van der Waals surface area contributed by atoms with E-state index in [1.807, 2.05) is 18.2 Å². The number of ether oxygens (including phenoxy) is 1. The molecule has 2 amide bonds. The van der Waals surface area contributed by atoms with Gasteiger partial charge in [0.15, 0.2) is 6.61 Å². The van der Waals surface area contributed by atoms with Crippen molar-refractivity contribution >= 4 is 11.8 Å². The van der Waals surface area contributed by atoms with Gasteiger partial charge in [-0.1, -0.05) is 18.2 Å². The normalized spacial score (nSPS) is 20.1. The smallest absolute Gasteiger partial charge is 0.260 e. The fourth-order valence-electron chi connectivity index (χ4n) is 2.51. The maximum atomic E-state index is 11.9. The fraction of sp³-hybridized carbons (Fsp3) is 0.429. The lowest BCUT2D eigenvalue weighted by atomic mass is 9.91. The van der Waals surface area contributed by atoms with Crippen LogP contribution in [0.5, 0.6) is 5.75 Å². The fourth-order valence-corrected chi connectivity index (χ4v) is 2.51. The minimum atomic E-state index is -0.506. The summed E-state index contributed by atoms with van der Waals surface area (Å²) in [5.41, 5.74) is -0.506. The number of para-hydroxylation sites is 1. The van der Waals surface area contributed by atoms with Crippen molar-refractivity contribution in [3.05, 3.63) is 30.3 Å². The lowest BCUT2D eigenvalue weighted by molar-refractivity contribution is -0.226. The zero-order valence-electron chi connectivity index (χ0n) is 11.2. The van der Waals surface area contributed by atoms with E-state index in [0.29, 0.717) is 25.3 Å². The SMILES string of the molecule is CN1OC2(CC1=O)CN(C(=O)COc1ccccc1)C2. The van der Waals surface area contributed by atoms with Crippen molar-refractivity contribution in [3.63, 3.8) is 0 Å². The topological polar surface area (TPSA) is 59.1 Å². The van der Waals surface area contributed by atoms with Crippen molar-refractivity contribution in [3.8, 4) is 5.75 Å². The molecule has 1 spiro atoms. The van der Waals surface area contributed by atoms with Crippen LogP contribution >= 0.6 is 0 Å². The molecule has 0 bridgehead atoms. The largest absolute Gasteiger partial charge is 0.484 e. The quantitative estimate of drug-likeness (QED) is 0.804. The molecule has 0 atom stereocenters. The molecule has 0 aromatic heterocycles. The van der Waals surface area contributed by atoms with Crippen molar-refractivity contribution < 1.29 is 19.2 Å². The summed E-state index contributed by atoms with van der Waals surface area (Å²) in [6.07, 6.45) is 0.340. The predicted octanol–water partition coefficient (Wildman–Crippen LogP) is 0.440. The highest BCUT2D eigenvalue weighted by Crippen LogP contribution is 2.34. The Morgan fingerprint density at radius 2 is 2.05 bits per heavy atom. The highest BCUT2D eigenvalue weighted by Gasteiger charge is 2.53. The summed E-state index contributed by atoms with van der Waals surface area (Å²) in [6, 6.07) is 9.20. The van der Waals surface area contributed by atoms with Gasteiger partial charge in [-0.15, -0.1) is 0 Å². The van der Waals surface area contributed by atoms with Crippen LogP contribution in [0.25, 0.3) is 0 Å². The molecule has 20 heavy (non-hydrogen) atoms. The molecule has 106 valence electrons. The Labute approximate surface area is 116 Å². The van der Waals surface area contributed by atoms with Gasteiger partial charge < -0.3 is 9.64 Å². The molecule has 0 unspecified atom stereocenters. The van der Waals surface area contributed by atoms with Crippen molar-refractivity contribution in [1.82, 2.24) is 9.96 Å². The van der Waals surface area contributed by atoms with Crippen LogP contribution in [0.1, 0.15) is 6.42 Å². The number of carbonyl (C=O) groups excluding carboxylic acids is 2. The van der Waals surface area contributed by atoms with E-state index in [-0.39, 0.29) is 18.4 Å². The summed E-state index contributed by atoms with van der Waals surface area (Å²) < 4.78 is 5.41. The van der Waals surface area contributed by atoms with Crippen LogP contribution in [0.4, 0.5) is 0 Å². The van der Waals surface area contributed by atoms with Crippen LogP contribution in [0.3, 0.4) is 0 Å².